The molecule has 20 heavy (non-hydrogen) atoms. The zero-order chi connectivity index (χ0) is 14.4. The molecule has 1 aliphatic rings. The van der Waals surface area contributed by atoms with E-state index >= 15 is 0 Å². The van der Waals surface area contributed by atoms with Gasteiger partial charge in [0.15, 0.2) is 0 Å². The molecule has 0 radical (unpaired) electrons. The Bertz CT molecular complexity index is 398. The lowest BCUT2D eigenvalue weighted by Crippen LogP contribution is -2.38. The Balaban J connectivity index is 1.63. The van der Waals surface area contributed by atoms with E-state index in [0.717, 1.165) is 12.8 Å². The summed E-state index contributed by atoms with van der Waals surface area (Å²) in [5.74, 6) is 0.170. The van der Waals surface area contributed by atoms with E-state index in [1.807, 2.05) is 16.9 Å². The number of carbonyl (C=O) groups excluding carboxylic acids is 1. The highest BCUT2D eigenvalue weighted by molar-refractivity contribution is 5.76. The second-order valence-electron chi connectivity index (χ2n) is 5.77. The van der Waals surface area contributed by atoms with Gasteiger partial charge in [-0.2, -0.15) is 5.10 Å². The number of aromatic nitrogens is 2. The van der Waals surface area contributed by atoms with Crippen molar-refractivity contribution in [1.82, 2.24) is 20.4 Å². The van der Waals surface area contributed by atoms with Crippen LogP contribution in [0.2, 0.25) is 0 Å². The van der Waals surface area contributed by atoms with Crippen LogP contribution in [0.1, 0.15) is 52.0 Å². The van der Waals surface area contributed by atoms with Crippen LogP contribution in [0.15, 0.2) is 18.5 Å². The molecule has 1 aromatic rings. The van der Waals surface area contributed by atoms with Crippen LogP contribution in [0.25, 0.3) is 0 Å². The van der Waals surface area contributed by atoms with Crippen molar-refractivity contribution in [3.05, 3.63) is 18.5 Å². The molecule has 2 rings (SSSR count). The van der Waals surface area contributed by atoms with Crippen molar-refractivity contribution in [2.24, 2.45) is 0 Å². The summed E-state index contributed by atoms with van der Waals surface area (Å²) in [6.07, 6.45) is 9.10. The van der Waals surface area contributed by atoms with Gasteiger partial charge < -0.3 is 10.6 Å². The third kappa shape index (κ3) is 4.34. The third-order valence-electron chi connectivity index (χ3n) is 4.20. The number of hydrogen-bond donors (Lipinski definition) is 2. The fraction of sp³-hybridized carbons (Fsp3) is 0.733. The topological polar surface area (TPSA) is 59.0 Å². The van der Waals surface area contributed by atoms with Crippen LogP contribution in [0, 0.1) is 0 Å². The fourth-order valence-electron chi connectivity index (χ4n) is 2.70. The number of nitrogens with one attached hydrogen (secondary N) is 2. The largest absolute Gasteiger partial charge is 0.353 e. The molecule has 5 nitrogen and oxygen atoms in total. The van der Waals surface area contributed by atoms with Gasteiger partial charge >= 0.3 is 0 Å². The van der Waals surface area contributed by atoms with Crippen molar-refractivity contribution in [2.75, 3.05) is 6.54 Å². The SMILES string of the molecule is C[C@H](NCCC(=O)NC1CCCC1)[C@@H](C)n1cccn1. The zero-order valence-corrected chi connectivity index (χ0v) is 12.5. The first-order valence-corrected chi connectivity index (χ1v) is 7.68. The Morgan fingerprint density at radius 2 is 2.15 bits per heavy atom. The van der Waals surface area contributed by atoms with Gasteiger partial charge in [0, 0.05) is 37.4 Å². The summed E-state index contributed by atoms with van der Waals surface area (Å²) in [4.78, 5) is 11.8. The molecule has 0 saturated heterocycles. The molecule has 1 aromatic heterocycles. The summed E-state index contributed by atoms with van der Waals surface area (Å²) in [6.45, 7) is 4.97. The molecule has 1 aliphatic carbocycles. The van der Waals surface area contributed by atoms with Gasteiger partial charge in [-0.25, -0.2) is 0 Å². The number of nitrogens with zero attached hydrogens (tertiary/aromatic N) is 2. The van der Waals surface area contributed by atoms with E-state index in [1.54, 1.807) is 6.20 Å². The lowest BCUT2D eigenvalue weighted by molar-refractivity contribution is -0.121. The van der Waals surface area contributed by atoms with E-state index in [9.17, 15) is 4.79 Å². The smallest absolute Gasteiger partial charge is 0.221 e. The molecule has 1 amide bonds. The van der Waals surface area contributed by atoms with E-state index in [2.05, 4.69) is 29.6 Å². The Morgan fingerprint density at radius 1 is 1.40 bits per heavy atom. The Labute approximate surface area is 121 Å². The number of carbonyl (C=O) groups is 1. The predicted octanol–water partition coefficient (Wildman–Crippen LogP) is 1.87. The average molecular weight is 278 g/mol. The van der Waals surface area contributed by atoms with Gasteiger partial charge in [-0.05, 0) is 32.8 Å². The molecule has 1 fully saturated rings. The zero-order valence-electron chi connectivity index (χ0n) is 12.5. The summed E-state index contributed by atoms with van der Waals surface area (Å²) in [6, 6.07) is 2.91. The van der Waals surface area contributed by atoms with Gasteiger partial charge in [-0.15, -0.1) is 0 Å². The maximum Gasteiger partial charge on any atom is 0.221 e. The molecule has 0 unspecified atom stereocenters. The van der Waals surface area contributed by atoms with Gasteiger partial charge in [-0.3, -0.25) is 9.48 Å². The van der Waals surface area contributed by atoms with E-state index in [4.69, 9.17) is 0 Å². The second kappa shape index (κ2) is 7.43. The second-order valence-corrected chi connectivity index (χ2v) is 5.77. The highest BCUT2D eigenvalue weighted by atomic mass is 16.1. The summed E-state index contributed by atoms with van der Waals surface area (Å²) in [7, 11) is 0. The minimum Gasteiger partial charge on any atom is -0.353 e. The minimum atomic E-state index is 0.170. The first-order valence-electron chi connectivity index (χ1n) is 7.68. The van der Waals surface area contributed by atoms with E-state index in [0.29, 0.717) is 19.0 Å². The van der Waals surface area contributed by atoms with Crippen LogP contribution in [0.4, 0.5) is 0 Å². The van der Waals surface area contributed by atoms with Crippen LogP contribution < -0.4 is 10.6 Å². The minimum absolute atomic E-state index is 0.170. The van der Waals surface area contributed by atoms with Gasteiger partial charge in [0.2, 0.25) is 5.91 Å². The van der Waals surface area contributed by atoms with Crippen molar-refractivity contribution < 1.29 is 4.79 Å². The number of hydrogen-bond acceptors (Lipinski definition) is 3. The molecule has 2 atom stereocenters. The molecule has 1 saturated carbocycles. The molecule has 0 spiro atoms. The Hall–Kier alpha value is -1.36. The van der Waals surface area contributed by atoms with Gasteiger partial charge in [-0.1, -0.05) is 12.8 Å². The molecular weight excluding hydrogens is 252 g/mol. The Kier molecular flexibility index (Phi) is 5.59. The molecule has 2 N–H and O–H groups in total. The van der Waals surface area contributed by atoms with Crippen LogP contribution in [-0.2, 0) is 4.79 Å². The van der Waals surface area contributed by atoms with Crippen molar-refractivity contribution in [2.45, 2.75) is 64.1 Å². The number of amides is 1. The van der Waals surface area contributed by atoms with Gasteiger partial charge in [0.05, 0.1) is 6.04 Å². The lowest BCUT2D eigenvalue weighted by atomic mass is 10.1. The van der Waals surface area contributed by atoms with Crippen LogP contribution >= 0.6 is 0 Å². The fourth-order valence-corrected chi connectivity index (χ4v) is 2.70. The summed E-state index contributed by atoms with van der Waals surface area (Å²) >= 11 is 0. The lowest BCUT2D eigenvalue weighted by Gasteiger charge is -2.22. The summed E-state index contributed by atoms with van der Waals surface area (Å²) < 4.78 is 1.94. The maximum atomic E-state index is 11.8. The highest BCUT2D eigenvalue weighted by Crippen LogP contribution is 2.17. The van der Waals surface area contributed by atoms with E-state index in [1.165, 1.54) is 12.8 Å². The first-order chi connectivity index (χ1) is 9.66. The average Bonchev–Trinajstić information content (AvgIpc) is 3.10. The van der Waals surface area contributed by atoms with Crippen LogP contribution in [0.5, 0.6) is 0 Å². The van der Waals surface area contributed by atoms with E-state index < -0.39 is 0 Å². The van der Waals surface area contributed by atoms with Gasteiger partial charge in [0.25, 0.3) is 0 Å². The molecule has 1 heterocycles. The monoisotopic (exact) mass is 278 g/mol. The van der Waals surface area contributed by atoms with Crippen molar-refractivity contribution in [1.29, 1.82) is 0 Å². The quantitative estimate of drug-likeness (QED) is 0.800. The first kappa shape index (κ1) is 15.0. The normalized spacial score (nSPS) is 18.9. The summed E-state index contributed by atoms with van der Waals surface area (Å²) in [5.41, 5.74) is 0. The predicted molar refractivity (Wildman–Crippen MR) is 79.4 cm³/mol. The number of rotatable bonds is 7. The van der Waals surface area contributed by atoms with Crippen molar-refractivity contribution in [3.63, 3.8) is 0 Å². The Morgan fingerprint density at radius 3 is 2.80 bits per heavy atom. The standard InChI is InChI=1S/C15H26N4O/c1-12(13(2)19-11-5-9-17-19)16-10-8-15(20)18-14-6-3-4-7-14/h5,9,11-14,16H,3-4,6-8,10H2,1-2H3,(H,18,20)/t12-,13+/m0/s1. The van der Waals surface area contributed by atoms with Crippen LogP contribution in [0.3, 0.4) is 0 Å². The molecule has 0 aliphatic heterocycles. The van der Waals surface area contributed by atoms with Crippen LogP contribution in [-0.4, -0.2) is 34.3 Å². The molecular formula is C15H26N4O. The maximum absolute atomic E-state index is 11.8. The molecule has 0 bridgehead atoms. The molecule has 112 valence electrons. The highest BCUT2D eigenvalue weighted by Gasteiger charge is 2.17. The van der Waals surface area contributed by atoms with Crippen molar-refractivity contribution in [3.8, 4) is 0 Å². The van der Waals surface area contributed by atoms with E-state index in [-0.39, 0.29) is 18.0 Å². The van der Waals surface area contributed by atoms with Gasteiger partial charge in [0.1, 0.15) is 0 Å². The molecule has 5 heteroatoms. The third-order valence-corrected chi connectivity index (χ3v) is 4.20. The summed E-state index contributed by atoms with van der Waals surface area (Å²) in [5, 5.41) is 10.8. The van der Waals surface area contributed by atoms with Crippen molar-refractivity contribution >= 4 is 5.91 Å². The molecule has 0 aromatic carbocycles.